The molecular formula is C34H33N3O5. The van der Waals surface area contributed by atoms with Crippen LogP contribution in [0.25, 0.3) is 10.8 Å². The summed E-state index contributed by atoms with van der Waals surface area (Å²) in [5.41, 5.74) is -1.06. The Bertz CT molecular complexity index is 1650. The number of hydrogen-bond donors (Lipinski definition) is 1. The van der Waals surface area contributed by atoms with Crippen molar-refractivity contribution in [3.63, 3.8) is 0 Å². The van der Waals surface area contributed by atoms with Crippen molar-refractivity contribution >= 4 is 39.9 Å². The van der Waals surface area contributed by atoms with Crippen molar-refractivity contribution in [3.05, 3.63) is 97.1 Å². The molecule has 4 aliphatic heterocycles. The minimum absolute atomic E-state index is 0.224. The second-order valence-electron chi connectivity index (χ2n) is 11.8. The summed E-state index contributed by atoms with van der Waals surface area (Å²) in [6.07, 6.45) is 7.48. The first-order valence-electron chi connectivity index (χ1n) is 14.4. The number of aliphatic hydroxyl groups is 1. The fourth-order valence-electron chi connectivity index (χ4n) is 7.44. The summed E-state index contributed by atoms with van der Waals surface area (Å²) in [7, 11) is 0. The summed E-state index contributed by atoms with van der Waals surface area (Å²) in [6.45, 7) is 3.85. The van der Waals surface area contributed by atoms with Crippen molar-refractivity contribution < 1.29 is 24.2 Å². The summed E-state index contributed by atoms with van der Waals surface area (Å²) in [5.74, 6) is -2.70. The zero-order valence-corrected chi connectivity index (χ0v) is 23.6. The van der Waals surface area contributed by atoms with E-state index in [2.05, 4.69) is 0 Å². The number of fused-ring (bicyclic) bond motifs is 3. The Labute approximate surface area is 244 Å². The van der Waals surface area contributed by atoms with E-state index in [4.69, 9.17) is 4.74 Å². The molecule has 42 heavy (non-hydrogen) atoms. The predicted molar refractivity (Wildman–Crippen MR) is 160 cm³/mol. The Kier molecular flexibility index (Phi) is 6.11. The number of hydrogen-bond acceptors (Lipinski definition) is 5. The highest BCUT2D eigenvalue weighted by atomic mass is 16.5. The van der Waals surface area contributed by atoms with Gasteiger partial charge < -0.3 is 24.5 Å². The molecule has 214 valence electrons. The number of nitrogens with zero attached hydrogens (tertiary/aromatic N) is 3. The van der Waals surface area contributed by atoms with Crippen LogP contribution >= 0.6 is 0 Å². The SMILES string of the molecule is C[C@H](CO)N1C(=O)[C@@H]2[C@H]3C(=O)N(c4ccccc4)CC=C[C@@]3(C)O[C@@]23C=CCN(c2ccc4ccccc4c2)C(=O)C13. The molecule has 3 aromatic rings. The van der Waals surface area contributed by atoms with Crippen LogP contribution < -0.4 is 9.80 Å². The number of rotatable bonds is 4. The van der Waals surface area contributed by atoms with Crippen molar-refractivity contribution in [2.45, 2.75) is 37.1 Å². The zero-order valence-electron chi connectivity index (χ0n) is 23.6. The Morgan fingerprint density at radius 1 is 0.810 bits per heavy atom. The number of amides is 3. The molecule has 4 aliphatic rings. The van der Waals surface area contributed by atoms with Crippen LogP contribution in [-0.2, 0) is 19.1 Å². The van der Waals surface area contributed by atoms with E-state index in [0.29, 0.717) is 12.2 Å². The Balaban J connectivity index is 1.35. The maximum Gasteiger partial charge on any atom is 0.253 e. The monoisotopic (exact) mass is 563 g/mol. The number of carbonyl (C=O) groups is 3. The van der Waals surface area contributed by atoms with Crippen LogP contribution in [0.2, 0.25) is 0 Å². The number of aliphatic hydroxyl groups excluding tert-OH is 1. The third-order valence-electron chi connectivity index (χ3n) is 9.35. The van der Waals surface area contributed by atoms with E-state index in [1.165, 1.54) is 4.90 Å². The van der Waals surface area contributed by atoms with E-state index in [1.54, 1.807) is 16.7 Å². The van der Waals surface area contributed by atoms with E-state index >= 15 is 0 Å². The predicted octanol–water partition coefficient (Wildman–Crippen LogP) is 3.70. The normalized spacial score (nSPS) is 31.2. The summed E-state index contributed by atoms with van der Waals surface area (Å²) < 4.78 is 6.89. The van der Waals surface area contributed by atoms with Crippen LogP contribution in [0.4, 0.5) is 11.4 Å². The molecule has 0 bridgehead atoms. The van der Waals surface area contributed by atoms with Crippen LogP contribution in [0.15, 0.2) is 97.1 Å². The molecule has 6 atom stereocenters. The zero-order chi connectivity index (χ0) is 29.2. The van der Waals surface area contributed by atoms with Gasteiger partial charge >= 0.3 is 0 Å². The topological polar surface area (TPSA) is 90.4 Å². The summed E-state index contributed by atoms with van der Waals surface area (Å²) in [5, 5.41) is 12.3. The lowest BCUT2D eigenvalue weighted by Gasteiger charge is -2.39. The highest BCUT2D eigenvalue weighted by Gasteiger charge is 2.75. The molecule has 0 aliphatic carbocycles. The third-order valence-corrected chi connectivity index (χ3v) is 9.35. The molecule has 0 saturated carbocycles. The average molecular weight is 564 g/mol. The van der Waals surface area contributed by atoms with Gasteiger partial charge in [0.2, 0.25) is 11.8 Å². The van der Waals surface area contributed by atoms with Crippen molar-refractivity contribution in [1.29, 1.82) is 0 Å². The lowest BCUT2D eigenvalue weighted by Crippen LogP contribution is -2.58. The number of anilines is 2. The van der Waals surface area contributed by atoms with E-state index < -0.39 is 35.1 Å². The Hall–Kier alpha value is -4.27. The van der Waals surface area contributed by atoms with Crippen molar-refractivity contribution in [1.82, 2.24) is 4.90 Å². The number of likely N-dealkylation sites (tertiary alicyclic amines) is 1. The fourth-order valence-corrected chi connectivity index (χ4v) is 7.44. The van der Waals surface area contributed by atoms with Crippen LogP contribution in [-0.4, -0.2) is 70.7 Å². The van der Waals surface area contributed by atoms with E-state index in [0.717, 1.165) is 16.5 Å². The summed E-state index contributed by atoms with van der Waals surface area (Å²) in [6, 6.07) is 21.5. The molecule has 2 saturated heterocycles. The van der Waals surface area contributed by atoms with Crippen molar-refractivity contribution in [2.24, 2.45) is 11.8 Å². The maximum absolute atomic E-state index is 14.6. The van der Waals surface area contributed by atoms with Gasteiger partial charge in [0, 0.05) is 24.5 Å². The number of carbonyl (C=O) groups excluding carboxylic acids is 3. The molecule has 1 unspecified atom stereocenters. The van der Waals surface area contributed by atoms with Gasteiger partial charge in [-0.25, -0.2) is 0 Å². The van der Waals surface area contributed by atoms with Gasteiger partial charge in [-0.2, -0.15) is 0 Å². The van der Waals surface area contributed by atoms with Gasteiger partial charge in [-0.15, -0.1) is 0 Å². The molecule has 0 aromatic heterocycles. The molecule has 3 aromatic carbocycles. The summed E-state index contributed by atoms with van der Waals surface area (Å²) in [4.78, 5) is 48.3. The molecule has 7 rings (SSSR count). The number of para-hydroxylation sites is 1. The smallest absolute Gasteiger partial charge is 0.253 e. The number of ether oxygens (including phenoxy) is 1. The molecule has 1 spiro atoms. The largest absolute Gasteiger partial charge is 0.394 e. The minimum atomic E-state index is -1.39. The van der Waals surface area contributed by atoms with Gasteiger partial charge in [-0.05, 0) is 48.9 Å². The third kappa shape index (κ3) is 3.71. The van der Waals surface area contributed by atoms with Gasteiger partial charge in [0.15, 0.2) is 0 Å². The molecule has 0 radical (unpaired) electrons. The first-order valence-corrected chi connectivity index (χ1v) is 14.4. The van der Waals surface area contributed by atoms with Gasteiger partial charge in [-0.3, -0.25) is 14.4 Å². The van der Waals surface area contributed by atoms with Crippen molar-refractivity contribution in [2.75, 3.05) is 29.5 Å². The van der Waals surface area contributed by atoms with Gasteiger partial charge in [0.05, 0.1) is 30.1 Å². The highest BCUT2D eigenvalue weighted by Crippen LogP contribution is 2.58. The van der Waals surface area contributed by atoms with Crippen molar-refractivity contribution in [3.8, 4) is 0 Å². The van der Waals surface area contributed by atoms with Crippen LogP contribution in [0.1, 0.15) is 13.8 Å². The second kappa shape index (κ2) is 9.64. The maximum atomic E-state index is 14.6. The van der Waals surface area contributed by atoms with Crippen LogP contribution in [0.3, 0.4) is 0 Å². The molecule has 8 nitrogen and oxygen atoms in total. The van der Waals surface area contributed by atoms with E-state index in [-0.39, 0.29) is 30.9 Å². The second-order valence-corrected chi connectivity index (χ2v) is 11.8. The lowest BCUT2D eigenvalue weighted by molar-refractivity contribution is -0.147. The Morgan fingerprint density at radius 2 is 1.48 bits per heavy atom. The fraction of sp³-hybridized carbons (Fsp3) is 0.324. The first kappa shape index (κ1) is 26.6. The van der Waals surface area contributed by atoms with Gasteiger partial charge in [0.25, 0.3) is 5.91 Å². The standard InChI is InChI=1S/C34H33N3O5/c1-22(21-38)37-29-32(41)36(26-15-14-23-10-6-7-11-24(23)20-26)19-9-17-34(29)28(31(37)40)27-30(39)35(25-12-4-3-5-13-25)18-8-16-33(27,2)42-34/h3-17,20,22,27-29,38H,18-19,21H2,1-2H3/t22-,27+,28+,29?,33-,34+/m1/s1. The number of benzene rings is 3. The van der Waals surface area contributed by atoms with Crippen LogP contribution in [0.5, 0.6) is 0 Å². The van der Waals surface area contributed by atoms with E-state index in [1.807, 2.05) is 104 Å². The van der Waals surface area contributed by atoms with Gasteiger partial charge in [-0.1, -0.05) is 72.8 Å². The van der Waals surface area contributed by atoms with E-state index in [9.17, 15) is 19.5 Å². The Morgan fingerprint density at radius 3 is 2.21 bits per heavy atom. The highest BCUT2D eigenvalue weighted by molar-refractivity contribution is 6.08. The quantitative estimate of drug-likeness (QED) is 0.489. The lowest BCUT2D eigenvalue weighted by atomic mass is 9.74. The first-order chi connectivity index (χ1) is 20.3. The molecular weight excluding hydrogens is 530 g/mol. The minimum Gasteiger partial charge on any atom is -0.394 e. The molecule has 4 heterocycles. The molecule has 2 fully saturated rings. The molecule has 8 heteroatoms. The van der Waals surface area contributed by atoms with Crippen LogP contribution in [0, 0.1) is 11.8 Å². The average Bonchev–Trinajstić information content (AvgIpc) is 3.28. The molecule has 3 amide bonds. The van der Waals surface area contributed by atoms with Gasteiger partial charge in [0.1, 0.15) is 11.6 Å². The summed E-state index contributed by atoms with van der Waals surface area (Å²) >= 11 is 0. The molecule has 1 N–H and O–H groups in total.